The van der Waals surface area contributed by atoms with Gasteiger partial charge in [-0.25, -0.2) is 0 Å². The quantitative estimate of drug-likeness (QED) is 0.910. The van der Waals surface area contributed by atoms with Crippen molar-refractivity contribution in [1.82, 2.24) is 9.80 Å². The lowest BCUT2D eigenvalue weighted by Crippen LogP contribution is -2.37. The summed E-state index contributed by atoms with van der Waals surface area (Å²) in [6.45, 7) is 1.43. The van der Waals surface area contributed by atoms with E-state index < -0.39 is 0 Å². The van der Waals surface area contributed by atoms with Crippen LogP contribution in [-0.2, 0) is 11.2 Å². The number of benzene rings is 1. The van der Waals surface area contributed by atoms with E-state index in [0.717, 1.165) is 5.56 Å². The number of halogens is 1. The molecule has 1 N–H and O–H groups in total. The predicted octanol–water partition coefficient (Wildman–Crippen LogP) is 1.26. The van der Waals surface area contributed by atoms with Gasteiger partial charge in [0, 0.05) is 36.7 Å². The highest BCUT2D eigenvalue weighted by Gasteiger charge is 2.35. The summed E-state index contributed by atoms with van der Waals surface area (Å²) < 4.78 is 0. The van der Waals surface area contributed by atoms with Gasteiger partial charge in [0.2, 0.25) is 5.91 Å². The standard InChI is InChI=1S/C15H21ClN2O2/c1-17(2)14-9-18(8-12(14)10-19)15(20)7-11-3-5-13(16)6-4-11/h3-6,12,14,19H,7-10H2,1-2H3/t12-,14+/m0/s1. The first-order valence-corrected chi connectivity index (χ1v) is 7.18. The molecule has 0 unspecified atom stereocenters. The molecule has 110 valence electrons. The summed E-state index contributed by atoms with van der Waals surface area (Å²) in [7, 11) is 3.97. The Labute approximate surface area is 124 Å². The monoisotopic (exact) mass is 296 g/mol. The first kappa shape index (κ1) is 15.3. The van der Waals surface area contributed by atoms with Gasteiger partial charge in [-0.2, -0.15) is 0 Å². The van der Waals surface area contributed by atoms with Gasteiger partial charge in [0.1, 0.15) is 0 Å². The number of hydrogen-bond acceptors (Lipinski definition) is 3. The molecule has 0 aliphatic carbocycles. The number of aliphatic hydroxyl groups is 1. The van der Waals surface area contributed by atoms with Crippen LogP contribution >= 0.6 is 11.6 Å². The number of carbonyl (C=O) groups excluding carboxylic acids is 1. The second-order valence-electron chi connectivity index (χ2n) is 5.58. The predicted molar refractivity (Wildman–Crippen MR) is 79.8 cm³/mol. The van der Waals surface area contributed by atoms with Crippen LogP contribution in [0.2, 0.25) is 5.02 Å². The topological polar surface area (TPSA) is 43.8 Å². The molecule has 2 atom stereocenters. The number of nitrogens with zero attached hydrogens (tertiary/aromatic N) is 2. The number of amides is 1. The Kier molecular flexibility index (Phi) is 5.02. The van der Waals surface area contributed by atoms with Crippen molar-refractivity contribution in [3.63, 3.8) is 0 Å². The van der Waals surface area contributed by atoms with Crippen LogP contribution in [-0.4, -0.2) is 60.6 Å². The third kappa shape index (κ3) is 3.51. The molecule has 0 spiro atoms. The molecule has 0 radical (unpaired) electrons. The Morgan fingerprint density at radius 1 is 1.35 bits per heavy atom. The van der Waals surface area contributed by atoms with E-state index in [1.54, 1.807) is 12.1 Å². The second kappa shape index (κ2) is 6.57. The maximum atomic E-state index is 12.3. The number of hydrogen-bond donors (Lipinski definition) is 1. The summed E-state index contributed by atoms with van der Waals surface area (Å²) in [4.78, 5) is 16.2. The second-order valence-corrected chi connectivity index (χ2v) is 6.01. The molecule has 20 heavy (non-hydrogen) atoms. The molecule has 1 heterocycles. The normalized spacial score (nSPS) is 22.6. The molecule has 1 fully saturated rings. The first-order valence-electron chi connectivity index (χ1n) is 6.80. The average molecular weight is 297 g/mol. The first-order chi connectivity index (χ1) is 9.51. The molecular formula is C15H21ClN2O2. The highest BCUT2D eigenvalue weighted by molar-refractivity contribution is 6.30. The molecule has 1 aromatic rings. The molecule has 1 amide bonds. The SMILES string of the molecule is CN(C)[C@@H]1CN(C(=O)Cc2ccc(Cl)cc2)C[C@H]1CO. The van der Waals surface area contributed by atoms with Crippen molar-refractivity contribution in [2.24, 2.45) is 5.92 Å². The average Bonchev–Trinajstić information content (AvgIpc) is 2.86. The highest BCUT2D eigenvalue weighted by Crippen LogP contribution is 2.21. The van der Waals surface area contributed by atoms with Crippen molar-refractivity contribution in [2.45, 2.75) is 12.5 Å². The van der Waals surface area contributed by atoms with Crippen LogP contribution in [0.3, 0.4) is 0 Å². The molecule has 1 aliphatic heterocycles. The summed E-state index contributed by atoms with van der Waals surface area (Å²) >= 11 is 5.84. The number of likely N-dealkylation sites (tertiary alicyclic amines) is 1. The van der Waals surface area contributed by atoms with Gasteiger partial charge in [0.25, 0.3) is 0 Å². The lowest BCUT2D eigenvalue weighted by molar-refractivity contribution is -0.129. The van der Waals surface area contributed by atoms with Crippen LogP contribution in [0.5, 0.6) is 0 Å². The van der Waals surface area contributed by atoms with Crippen molar-refractivity contribution in [1.29, 1.82) is 0 Å². The molecule has 0 saturated carbocycles. The van der Waals surface area contributed by atoms with Crippen LogP contribution in [0.25, 0.3) is 0 Å². The molecule has 5 heteroatoms. The molecule has 1 saturated heterocycles. The smallest absolute Gasteiger partial charge is 0.227 e. The molecule has 2 rings (SSSR count). The lowest BCUT2D eigenvalue weighted by atomic mass is 10.0. The van der Waals surface area contributed by atoms with Gasteiger partial charge in [0.05, 0.1) is 6.42 Å². The zero-order valence-corrected chi connectivity index (χ0v) is 12.7. The molecule has 1 aliphatic rings. The van der Waals surface area contributed by atoms with E-state index in [-0.39, 0.29) is 24.5 Å². The Morgan fingerprint density at radius 2 is 2.00 bits per heavy atom. The van der Waals surface area contributed by atoms with Crippen LogP contribution in [0.1, 0.15) is 5.56 Å². The fraction of sp³-hybridized carbons (Fsp3) is 0.533. The molecule has 4 nitrogen and oxygen atoms in total. The zero-order valence-electron chi connectivity index (χ0n) is 11.9. The van der Waals surface area contributed by atoms with Gasteiger partial charge in [-0.1, -0.05) is 23.7 Å². The summed E-state index contributed by atoms with van der Waals surface area (Å²) in [5.41, 5.74) is 0.966. The Balaban J connectivity index is 1.98. The maximum Gasteiger partial charge on any atom is 0.227 e. The van der Waals surface area contributed by atoms with Gasteiger partial charge in [-0.3, -0.25) is 4.79 Å². The fourth-order valence-electron chi connectivity index (χ4n) is 2.71. The molecule has 1 aromatic carbocycles. The zero-order chi connectivity index (χ0) is 14.7. The summed E-state index contributed by atoms with van der Waals surface area (Å²) in [6.07, 6.45) is 0.384. The Bertz CT molecular complexity index is 461. The van der Waals surface area contributed by atoms with Crippen LogP contribution in [0.4, 0.5) is 0 Å². The number of aliphatic hydroxyl groups excluding tert-OH is 1. The van der Waals surface area contributed by atoms with Gasteiger partial charge in [-0.15, -0.1) is 0 Å². The van der Waals surface area contributed by atoms with E-state index in [9.17, 15) is 9.90 Å². The van der Waals surface area contributed by atoms with Crippen molar-refractivity contribution < 1.29 is 9.90 Å². The third-order valence-electron chi connectivity index (χ3n) is 3.93. The number of likely N-dealkylation sites (N-methyl/N-ethyl adjacent to an activating group) is 1. The van der Waals surface area contributed by atoms with E-state index in [1.165, 1.54) is 0 Å². The minimum Gasteiger partial charge on any atom is -0.396 e. The Morgan fingerprint density at radius 3 is 2.50 bits per heavy atom. The Hall–Kier alpha value is -1.10. The lowest BCUT2D eigenvalue weighted by Gasteiger charge is -2.23. The van der Waals surface area contributed by atoms with Crippen molar-refractivity contribution in [2.75, 3.05) is 33.8 Å². The molecular weight excluding hydrogens is 276 g/mol. The fourth-order valence-corrected chi connectivity index (χ4v) is 2.84. The maximum absolute atomic E-state index is 12.3. The van der Waals surface area contributed by atoms with Gasteiger partial charge in [-0.05, 0) is 31.8 Å². The van der Waals surface area contributed by atoms with E-state index in [0.29, 0.717) is 24.5 Å². The van der Waals surface area contributed by atoms with E-state index >= 15 is 0 Å². The molecule has 0 bridgehead atoms. The van der Waals surface area contributed by atoms with Crippen LogP contribution in [0, 0.1) is 5.92 Å². The summed E-state index contributed by atoms with van der Waals surface area (Å²) in [5.74, 6) is 0.245. The third-order valence-corrected chi connectivity index (χ3v) is 4.18. The van der Waals surface area contributed by atoms with Crippen molar-refractivity contribution in [3.8, 4) is 0 Å². The largest absolute Gasteiger partial charge is 0.396 e. The van der Waals surface area contributed by atoms with Gasteiger partial charge >= 0.3 is 0 Å². The minimum absolute atomic E-state index is 0.107. The molecule has 0 aromatic heterocycles. The number of rotatable bonds is 4. The van der Waals surface area contributed by atoms with E-state index in [4.69, 9.17) is 11.6 Å². The van der Waals surface area contributed by atoms with Crippen LogP contribution < -0.4 is 0 Å². The van der Waals surface area contributed by atoms with Crippen LogP contribution in [0.15, 0.2) is 24.3 Å². The van der Waals surface area contributed by atoms with E-state index in [2.05, 4.69) is 4.90 Å². The van der Waals surface area contributed by atoms with Gasteiger partial charge < -0.3 is 14.9 Å². The highest BCUT2D eigenvalue weighted by atomic mass is 35.5. The summed E-state index contributed by atoms with van der Waals surface area (Å²) in [5, 5.41) is 10.1. The number of carbonyl (C=O) groups is 1. The van der Waals surface area contributed by atoms with E-state index in [1.807, 2.05) is 31.1 Å². The summed E-state index contributed by atoms with van der Waals surface area (Å²) in [6, 6.07) is 7.58. The minimum atomic E-state index is 0.107. The van der Waals surface area contributed by atoms with Crippen molar-refractivity contribution in [3.05, 3.63) is 34.9 Å². The van der Waals surface area contributed by atoms with Gasteiger partial charge in [0.15, 0.2) is 0 Å². The van der Waals surface area contributed by atoms with Crippen molar-refractivity contribution >= 4 is 17.5 Å².